The fraction of sp³-hybridized carbons (Fsp3) is 0.500. The summed E-state index contributed by atoms with van der Waals surface area (Å²) in [7, 11) is 0. The molecule has 2 saturated heterocycles. The Balaban J connectivity index is 1.33. The molecule has 2 heterocycles. The van der Waals surface area contributed by atoms with Crippen molar-refractivity contribution >= 4 is 5.91 Å². The van der Waals surface area contributed by atoms with Crippen molar-refractivity contribution in [2.45, 2.75) is 39.2 Å². The predicted octanol–water partition coefficient (Wildman–Crippen LogP) is 4.85. The molecule has 0 radical (unpaired) electrons. The van der Waals surface area contributed by atoms with E-state index in [0.29, 0.717) is 12.5 Å². The third-order valence-electron chi connectivity index (χ3n) is 6.53. The summed E-state index contributed by atoms with van der Waals surface area (Å²) in [5.41, 5.74) is 1.85. The smallest absolute Gasteiger partial charge is 0.253 e. The SMILES string of the molecule is CC1CCN(CC2CCCN(C(=O)c3cccc(OCc4ccccc4)c3)C2)CC1. The molecule has 2 aliphatic rings. The summed E-state index contributed by atoms with van der Waals surface area (Å²) in [5.74, 6) is 2.34. The third kappa shape index (κ3) is 5.63. The lowest BCUT2D eigenvalue weighted by molar-refractivity contribution is 0.0622. The molecule has 0 bridgehead atoms. The molecule has 2 fully saturated rings. The van der Waals surface area contributed by atoms with Gasteiger partial charge in [0.1, 0.15) is 12.4 Å². The van der Waals surface area contributed by atoms with Gasteiger partial charge < -0.3 is 14.5 Å². The van der Waals surface area contributed by atoms with Crippen molar-refractivity contribution < 1.29 is 9.53 Å². The van der Waals surface area contributed by atoms with E-state index >= 15 is 0 Å². The molecule has 1 atom stereocenters. The summed E-state index contributed by atoms with van der Waals surface area (Å²) >= 11 is 0. The topological polar surface area (TPSA) is 32.8 Å². The Bertz CT molecular complexity index is 815. The van der Waals surface area contributed by atoms with Crippen molar-refractivity contribution in [3.05, 3.63) is 65.7 Å². The fourth-order valence-electron chi connectivity index (χ4n) is 4.65. The second-order valence-corrected chi connectivity index (χ2v) is 9.04. The van der Waals surface area contributed by atoms with Gasteiger partial charge in [-0.15, -0.1) is 0 Å². The minimum absolute atomic E-state index is 0.136. The molecule has 2 aliphatic heterocycles. The monoisotopic (exact) mass is 406 g/mol. The largest absolute Gasteiger partial charge is 0.489 e. The highest BCUT2D eigenvalue weighted by Crippen LogP contribution is 2.24. The molecule has 4 heteroatoms. The normalized spacial score (nSPS) is 20.8. The molecule has 0 aliphatic carbocycles. The Morgan fingerprint density at radius 1 is 1.00 bits per heavy atom. The number of nitrogens with zero attached hydrogens (tertiary/aromatic N) is 2. The molecule has 30 heavy (non-hydrogen) atoms. The zero-order valence-corrected chi connectivity index (χ0v) is 18.1. The quantitative estimate of drug-likeness (QED) is 0.687. The van der Waals surface area contributed by atoms with Crippen LogP contribution in [0.2, 0.25) is 0 Å². The zero-order valence-electron chi connectivity index (χ0n) is 18.1. The summed E-state index contributed by atoms with van der Waals surface area (Å²) in [6, 6.07) is 17.8. The second kappa shape index (κ2) is 10.1. The fourth-order valence-corrected chi connectivity index (χ4v) is 4.65. The summed E-state index contributed by atoms with van der Waals surface area (Å²) in [6.45, 7) is 8.17. The Hall–Kier alpha value is -2.33. The van der Waals surface area contributed by atoms with Crippen LogP contribution in [-0.4, -0.2) is 48.4 Å². The summed E-state index contributed by atoms with van der Waals surface area (Å²) in [6.07, 6.45) is 4.96. The van der Waals surface area contributed by atoms with Gasteiger partial charge in [0.2, 0.25) is 0 Å². The van der Waals surface area contributed by atoms with Crippen molar-refractivity contribution in [1.82, 2.24) is 9.80 Å². The first kappa shape index (κ1) is 20.9. The number of carbonyl (C=O) groups is 1. The standard InChI is InChI=1S/C26H34N2O2/c1-21-12-15-27(16-13-21)18-23-9-6-14-28(19-23)26(29)24-10-5-11-25(17-24)30-20-22-7-3-2-4-8-22/h2-5,7-8,10-11,17,21,23H,6,9,12-16,18-20H2,1H3. The van der Waals surface area contributed by atoms with Crippen LogP contribution in [0.1, 0.15) is 48.5 Å². The number of amides is 1. The Labute approximate surface area is 180 Å². The van der Waals surface area contributed by atoms with Crippen molar-refractivity contribution in [1.29, 1.82) is 0 Å². The minimum atomic E-state index is 0.136. The Morgan fingerprint density at radius 2 is 1.80 bits per heavy atom. The molecule has 160 valence electrons. The van der Waals surface area contributed by atoms with E-state index in [9.17, 15) is 4.79 Å². The van der Waals surface area contributed by atoms with Crippen LogP contribution >= 0.6 is 0 Å². The maximum atomic E-state index is 13.2. The lowest BCUT2D eigenvalue weighted by atomic mass is 9.94. The molecule has 4 rings (SSSR count). The Morgan fingerprint density at radius 3 is 2.60 bits per heavy atom. The summed E-state index contributed by atoms with van der Waals surface area (Å²) < 4.78 is 5.92. The number of hydrogen-bond acceptors (Lipinski definition) is 3. The minimum Gasteiger partial charge on any atom is -0.489 e. The first-order chi connectivity index (χ1) is 14.7. The molecule has 2 aromatic rings. The summed E-state index contributed by atoms with van der Waals surface area (Å²) in [4.78, 5) is 17.8. The van der Waals surface area contributed by atoms with E-state index in [-0.39, 0.29) is 5.91 Å². The first-order valence-corrected chi connectivity index (χ1v) is 11.5. The molecule has 0 aromatic heterocycles. The number of likely N-dealkylation sites (tertiary alicyclic amines) is 2. The molecule has 1 unspecified atom stereocenters. The van der Waals surface area contributed by atoms with E-state index in [1.54, 1.807) is 0 Å². The van der Waals surface area contributed by atoms with Gasteiger partial charge in [-0.05, 0) is 74.4 Å². The van der Waals surface area contributed by atoms with Crippen molar-refractivity contribution in [3.8, 4) is 5.75 Å². The first-order valence-electron chi connectivity index (χ1n) is 11.5. The lowest BCUT2D eigenvalue weighted by Crippen LogP contribution is -2.45. The number of rotatable bonds is 6. The summed E-state index contributed by atoms with van der Waals surface area (Å²) in [5, 5.41) is 0. The number of ether oxygens (including phenoxy) is 1. The number of hydrogen-bond donors (Lipinski definition) is 0. The highest BCUT2D eigenvalue weighted by Gasteiger charge is 2.27. The molecule has 0 N–H and O–H groups in total. The highest BCUT2D eigenvalue weighted by molar-refractivity contribution is 5.94. The second-order valence-electron chi connectivity index (χ2n) is 9.04. The molecular formula is C26H34N2O2. The van der Waals surface area contributed by atoms with Gasteiger partial charge in [0.15, 0.2) is 0 Å². The number of piperidine rings is 2. The van der Waals surface area contributed by atoms with Gasteiger partial charge in [0.05, 0.1) is 0 Å². The van der Waals surface area contributed by atoms with E-state index in [4.69, 9.17) is 4.74 Å². The van der Waals surface area contributed by atoms with E-state index < -0.39 is 0 Å². The van der Waals surface area contributed by atoms with Crippen LogP contribution in [0.5, 0.6) is 5.75 Å². The van der Waals surface area contributed by atoms with E-state index in [1.807, 2.05) is 54.6 Å². The zero-order chi connectivity index (χ0) is 20.8. The van der Waals surface area contributed by atoms with Crippen LogP contribution in [0.4, 0.5) is 0 Å². The van der Waals surface area contributed by atoms with Gasteiger partial charge in [-0.3, -0.25) is 4.79 Å². The van der Waals surface area contributed by atoms with Crippen molar-refractivity contribution in [3.63, 3.8) is 0 Å². The number of carbonyl (C=O) groups excluding carboxylic acids is 1. The van der Waals surface area contributed by atoms with Crippen LogP contribution in [0.15, 0.2) is 54.6 Å². The average molecular weight is 407 g/mol. The van der Waals surface area contributed by atoms with E-state index in [2.05, 4.69) is 16.7 Å². The average Bonchev–Trinajstić information content (AvgIpc) is 2.80. The van der Waals surface area contributed by atoms with Gasteiger partial charge >= 0.3 is 0 Å². The lowest BCUT2D eigenvalue weighted by Gasteiger charge is -2.38. The molecule has 4 nitrogen and oxygen atoms in total. The third-order valence-corrected chi connectivity index (χ3v) is 6.53. The van der Waals surface area contributed by atoms with E-state index in [0.717, 1.165) is 48.8 Å². The predicted molar refractivity (Wildman–Crippen MR) is 121 cm³/mol. The van der Waals surface area contributed by atoms with E-state index in [1.165, 1.54) is 32.4 Å². The van der Waals surface area contributed by atoms with Gasteiger partial charge in [-0.2, -0.15) is 0 Å². The molecule has 0 saturated carbocycles. The molecule has 1 amide bonds. The molecule has 2 aromatic carbocycles. The number of benzene rings is 2. The van der Waals surface area contributed by atoms with Crippen LogP contribution in [-0.2, 0) is 6.61 Å². The maximum absolute atomic E-state index is 13.2. The van der Waals surface area contributed by atoms with Crippen LogP contribution in [0.25, 0.3) is 0 Å². The van der Waals surface area contributed by atoms with Crippen LogP contribution in [0.3, 0.4) is 0 Å². The molecular weight excluding hydrogens is 372 g/mol. The van der Waals surface area contributed by atoms with Crippen molar-refractivity contribution in [2.24, 2.45) is 11.8 Å². The van der Waals surface area contributed by atoms with Gasteiger partial charge in [0, 0.05) is 25.2 Å². The van der Waals surface area contributed by atoms with Gasteiger partial charge in [0.25, 0.3) is 5.91 Å². The Kier molecular flexibility index (Phi) is 7.06. The van der Waals surface area contributed by atoms with Crippen LogP contribution < -0.4 is 4.74 Å². The van der Waals surface area contributed by atoms with Crippen molar-refractivity contribution in [2.75, 3.05) is 32.7 Å². The van der Waals surface area contributed by atoms with Gasteiger partial charge in [-0.1, -0.05) is 43.3 Å². The maximum Gasteiger partial charge on any atom is 0.253 e. The highest BCUT2D eigenvalue weighted by atomic mass is 16.5. The van der Waals surface area contributed by atoms with Gasteiger partial charge in [-0.25, -0.2) is 0 Å². The van der Waals surface area contributed by atoms with Crippen LogP contribution in [0, 0.1) is 11.8 Å². The molecule has 0 spiro atoms.